The van der Waals surface area contributed by atoms with Crippen molar-refractivity contribution in [1.29, 1.82) is 0 Å². The molecule has 0 saturated heterocycles. The van der Waals surface area contributed by atoms with Crippen LogP contribution in [0.15, 0.2) is 0 Å². The maximum Gasteiger partial charge on any atom is 0.330 e. The van der Waals surface area contributed by atoms with Gasteiger partial charge in [0.15, 0.2) is 0 Å². The zero-order valence-electron chi connectivity index (χ0n) is 17.9. The summed E-state index contributed by atoms with van der Waals surface area (Å²) in [4.78, 5) is 10.4. The fraction of sp³-hybridized carbons (Fsp3) is 1.00. The minimum Gasteiger partial charge on any atom is -0.328 e. The molecule has 4 aliphatic rings. The van der Waals surface area contributed by atoms with E-state index < -0.39 is 8.60 Å². The lowest BCUT2D eigenvalue weighted by Crippen LogP contribution is -2.28. The van der Waals surface area contributed by atoms with Crippen molar-refractivity contribution < 1.29 is 13.9 Å². The fourth-order valence-corrected chi connectivity index (χ4v) is 7.80. The molecule has 0 aliphatic heterocycles. The molecule has 0 aromatic carbocycles. The minimum absolute atomic E-state index is 0.231. The van der Waals surface area contributed by atoms with Gasteiger partial charge in [0.05, 0.1) is 12.2 Å². The first-order valence-electron chi connectivity index (χ1n) is 12.6. The van der Waals surface area contributed by atoms with Crippen LogP contribution in [-0.4, -0.2) is 17.1 Å². The predicted octanol–water partition coefficient (Wildman–Crippen LogP) is 7.52. The molecule has 0 aromatic heterocycles. The SMILES string of the molecule is OP(OC1CCC(C2CCCCC2)CC1)OC1CCC(C2CCCCC2)CC1. The van der Waals surface area contributed by atoms with Gasteiger partial charge in [0.2, 0.25) is 0 Å². The molecular formula is C24H43O3P. The van der Waals surface area contributed by atoms with Gasteiger partial charge in [0, 0.05) is 0 Å². The van der Waals surface area contributed by atoms with Gasteiger partial charge in [0.1, 0.15) is 0 Å². The molecule has 0 amide bonds. The first kappa shape index (κ1) is 21.5. The molecular weight excluding hydrogens is 367 g/mol. The molecule has 0 spiro atoms. The average Bonchev–Trinajstić information content (AvgIpc) is 2.76. The molecule has 0 atom stereocenters. The first-order chi connectivity index (χ1) is 13.8. The normalized spacial score (nSPS) is 37.6. The molecule has 1 N–H and O–H groups in total. The van der Waals surface area contributed by atoms with E-state index in [0.29, 0.717) is 0 Å². The van der Waals surface area contributed by atoms with Crippen LogP contribution >= 0.6 is 8.60 Å². The molecule has 0 bridgehead atoms. The van der Waals surface area contributed by atoms with Crippen molar-refractivity contribution in [3.8, 4) is 0 Å². The summed E-state index contributed by atoms with van der Waals surface area (Å²) in [7, 11) is -1.68. The van der Waals surface area contributed by atoms with Gasteiger partial charge >= 0.3 is 8.60 Å². The summed E-state index contributed by atoms with van der Waals surface area (Å²) in [6.45, 7) is 0. The van der Waals surface area contributed by atoms with Gasteiger partial charge in [-0.15, -0.1) is 0 Å². The molecule has 3 nitrogen and oxygen atoms in total. The van der Waals surface area contributed by atoms with Crippen LogP contribution in [0, 0.1) is 23.7 Å². The summed E-state index contributed by atoms with van der Waals surface area (Å²) in [5.74, 6) is 3.78. The van der Waals surface area contributed by atoms with Crippen molar-refractivity contribution >= 4 is 8.60 Å². The van der Waals surface area contributed by atoms with Gasteiger partial charge in [-0.1, -0.05) is 64.2 Å². The third kappa shape index (κ3) is 6.16. The van der Waals surface area contributed by atoms with Gasteiger partial charge in [-0.05, 0) is 75.0 Å². The van der Waals surface area contributed by atoms with E-state index in [9.17, 15) is 4.89 Å². The highest BCUT2D eigenvalue weighted by molar-refractivity contribution is 7.40. The van der Waals surface area contributed by atoms with E-state index in [2.05, 4.69) is 0 Å². The zero-order valence-corrected chi connectivity index (χ0v) is 18.8. The third-order valence-corrected chi connectivity index (χ3v) is 9.51. The second-order valence-electron chi connectivity index (χ2n) is 10.3. The number of hydrogen-bond donors (Lipinski definition) is 1. The van der Waals surface area contributed by atoms with Crippen LogP contribution in [0.2, 0.25) is 0 Å². The van der Waals surface area contributed by atoms with Crippen LogP contribution in [0.25, 0.3) is 0 Å². The Balaban J connectivity index is 1.11. The van der Waals surface area contributed by atoms with Crippen LogP contribution < -0.4 is 0 Å². The second-order valence-corrected chi connectivity index (χ2v) is 11.2. The zero-order chi connectivity index (χ0) is 19.2. The Bertz CT molecular complexity index is 391. The lowest BCUT2D eigenvalue weighted by molar-refractivity contribution is 0.0469. The van der Waals surface area contributed by atoms with Crippen molar-refractivity contribution in [1.82, 2.24) is 0 Å². The van der Waals surface area contributed by atoms with E-state index >= 15 is 0 Å². The van der Waals surface area contributed by atoms with Crippen LogP contribution in [0.3, 0.4) is 0 Å². The van der Waals surface area contributed by atoms with Crippen molar-refractivity contribution in [2.24, 2.45) is 23.7 Å². The quantitative estimate of drug-likeness (QED) is 0.460. The van der Waals surface area contributed by atoms with Crippen LogP contribution in [0.4, 0.5) is 0 Å². The minimum atomic E-state index is -1.68. The highest BCUT2D eigenvalue weighted by Gasteiger charge is 2.33. The molecule has 0 unspecified atom stereocenters. The summed E-state index contributed by atoms with van der Waals surface area (Å²) in [5, 5.41) is 0. The van der Waals surface area contributed by atoms with Gasteiger partial charge in [-0.3, -0.25) is 0 Å². The van der Waals surface area contributed by atoms with Crippen LogP contribution in [-0.2, 0) is 9.05 Å². The van der Waals surface area contributed by atoms with Gasteiger partial charge in [0.25, 0.3) is 0 Å². The predicted molar refractivity (Wildman–Crippen MR) is 116 cm³/mol. The monoisotopic (exact) mass is 410 g/mol. The Morgan fingerprint density at radius 2 is 0.750 bits per heavy atom. The first-order valence-corrected chi connectivity index (χ1v) is 13.7. The largest absolute Gasteiger partial charge is 0.330 e. The molecule has 162 valence electrons. The Morgan fingerprint density at radius 1 is 0.429 bits per heavy atom. The average molecular weight is 411 g/mol. The second kappa shape index (κ2) is 11.1. The highest BCUT2D eigenvalue weighted by atomic mass is 31.2. The van der Waals surface area contributed by atoms with Crippen LogP contribution in [0.1, 0.15) is 116 Å². The van der Waals surface area contributed by atoms with E-state index in [1.165, 1.54) is 89.9 Å². The molecule has 0 radical (unpaired) electrons. The van der Waals surface area contributed by atoms with E-state index in [-0.39, 0.29) is 12.2 Å². The molecule has 4 heteroatoms. The number of hydrogen-bond acceptors (Lipinski definition) is 3. The highest BCUT2D eigenvalue weighted by Crippen LogP contribution is 2.46. The van der Waals surface area contributed by atoms with E-state index in [0.717, 1.165) is 49.4 Å². The maximum atomic E-state index is 10.4. The van der Waals surface area contributed by atoms with E-state index in [1.807, 2.05) is 0 Å². The Labute approximate surface area is 174 Å². The topological polar surface area (TPSA) is 38.7 Å². The summed E-state index contributed by atoms with van der Waals surface area (Å²) >= 11 is 0. The van der Waals surface area contributed by atoms with Crippen molar-refractivity contribution in [3.63, 3.8) is 0 Å². The summed E-state index contributed by atoms with van der Waals surface area (Å²) in [6.07, 6.45) is 24.6. The Kier molecular flexibility index (Phi) is 8.52. The molecule has 28 heavy (non-hydrogen) atoms. The van der Waals surface area contributed by atoms with Gasteiger partial charge in [-0.2, -0.15) is 0 Å². The van der Waals surface area contributed by atoms with E-state index in [1.54, 1.807) is 0 Å². The molecule has 4 aliphatic carbocycles. The fourth-order valence-electron chi connectivity index (χ4n) is 6.82. The lowest BCUT2D eigenvalue weighted by atomic mass is 9.73. The maximum absolute atomic E-state index is 10.4. The van der Waals surface area contributed by atoms with Gasteiger partial charge in [-0.25, -0.2) is 0 Å². The standard InChI is InChI=1S/C24H43O3P/c25-28(26-23-15-11-21(12-16-23)19-7-3-1-4-8-19)27-24-17-13-22(14-18-24)20-9-5-2-6-10-20/h19-25H,1-18H2. The molecule has 4 fully saturated rings. The Morgan fingerprint density at radius 3 is 1.11 bits per heavy atom. The molecule has 0 aromatic rings. The van der Waals surface area contributed by atoms with Crippen molar-refractivity contribution in [2.45, 2.75) is 128 Å². The third-order valence-electron chi connectivity index (χ3n) is 8.55. The van der Waals surface area contributed by atoms with Crippen LogP contribution in [0.5, 0.6) is 0 Å². The number of rotatable bonds is 6. The lowest BCUT2D eigenvalue weighted by Gasteiger charge is -2.37. The van der Waals surface area contributed by atoms with Crippen molar-refractivity contribution in [3.05, 3.63) is 0 Å². The summed E-state index contributed by atoms with van der Waals surface area (Å²) in [5.41, 5.74) is 0. The van der Waals surface area contributed by atoms with Gasteiger partial charge < -0.3 is 13.9 Å². The molecule has 4 rings (SSSR count). The van der Waals surface area contributed by atoms with Crippen molar-refractivity contribution in [2.75, 3.05) is 0 Å². The van der Waals surface area contributed by atoms with E-state index in [4.69, 9.17) is 9.05 Å². The Hall–Kier alpha value is 0.310. The molecule has 0 heterocycles. The molecule has 4 saturated carbocycles. The smallest absolute Gasteiger partial charge is 0.328 e. The summed E-state index contributed by atoms with van der Waals surface area (Å²) < 4.78 is 11.9. The summed E-state index contributed by atoms with van der Waals surface area (Å²) in [6, 6.07) is 0.